The zero-order valence-corrected chi connectivity index (χ0v) is 13.1. The molecule has 0 aromatic rings. The van der Waals surface area contributed by atoms with E-state index in [-0.39, 0.29) is 24.0 Å². The highest BCUT2D eigenvalue weighted by Gasteiger charge is 2.17. The molecule has 0 bridgehead atoms. The molecule has 0 amide bonds. The Morgan fingerprint density at radius 3 is 2.75 bits per heavy atom. The number of guanidine groups is 1. The van der Waals surface area contributed by atoms with E-state index < -0.39 is 0 Å². The van der Waals surface area contributed by atoms with E-state index in [0.29, 0.717) is 5.92 Å². The maximum Gasteiger partial charge on any atom is 0.191 e. The molecule has 2 N–H and O–H groups in total. The van der Waals surface area contributed by atoms with Crippen LogP contribution in [0, 0.1) is 11.8 Å². The summed E-state index contributed by atoms with van der Waals surface area (Å²) >= 11 is 0. The standard InChI is InChI=1S/C12H25N3.HI/c1-10(2)6-7-14-12(13)15-8-4-5-11(3)9-15;/h10-11H,4-9H2,1-3H3,(H2,13,14);1H. The van der Waals surface area contributed by atoms with Crippen LogP contribution in [0.2, 0.25) is 0 Å². The van der Waals surface area contributed by atoms with E-state index in [2.05, 4.69) is 30.7 Å². The van der Waals surface area contributed by atoms with Crippen molar-refractivity contribution in [3.63, 3.8) is 0 Å². The minimum atomic E-state index is 0. The monoisotopic (exact) mass is 339 g/mol. The van der Waals surface area contributed by atoms with Gasteiger partial charge < -0.3 is 10.6 Å². The number of piperidine rings is 1. The summed E-state index contributed by atoms with van der Waals surface area (Å²) in [6.07, 6.45) is 3.71. The number of hydrogen-bond acceptors (Lipinski definition) is 1. The van der Waals surface area contributed by atoms with E-state index in [1.807, 2.05) is 0 Å². The number of halogens is 1. The van der Waals surface area contributed by atoms with Gasteiger partial charge in [0, 0.05) is 19.6 Å². The summed E-state index contributed by atoms with van der Waals surface area (Å²) in [5, 5.41) is 0. The van der Waals surface area contributed by atoms with Gasteiger partial charge in [-0.25, -0.2) is 0 Å². The minimum absolute atomic E-state index is 0. The zero-order chi connectivity index (χ0) is 11.3. The average Bonchev–Trinajstić information content (AvgIpc) is 2.17. The molecule has 0 radical (unpaired) electrons. The van der Waals surface area contributed by atoms with Crippen molar-refractivity contribution < 1.29 is 0 Å². The summed E-state index contributed by atoms with van der Waals surface area (Å²) < 4.78 is 0. The number of likely N-dealkylation sites (tertiary alicyclic amines) is 1. The van der Waals surface area contributed by atoms with Crippen molar-refractivity contribution in [2.45, 2.75) is 40.0 Å². The predicted octanol–water partition coefficient (Wildman–Crippen LogP) is 2.70. The van der Waals surface area contributed by atoms with E-state index in [0.717, 1.165) is 37.9 Å². The van der Waals surface area contributed by atoms with Crippen LogP contribution in [0.25, 0.3) is 0 Å². The maximum absolute atomic E-state index is 5.97. The molecule has 0 spiro atoms. The molecule has 1 atom stereocenters. The van der Waals surface area contributed by atoms with Crippen molar-refractivity contribution in [2.75, 3.05) is 19.6 Å². The summed E-state index contributed by atoms with van der Waals surface area (Å²) in [5.74, 6) is 2.22. The van der Waals surface area contributed by atoms with Crippen LogP contribution < -0.4 is 5.73 Å². The third kappa shape index (κ3) is 5.92. The molecule has 1 aliphatic heterocycles. The quantitative estimate of drug-likeness (QED) is 0.488. The molecule has 1 saturated heterocycles. The second-order valence-corrected chi connectivity index (χ2v) is 5.12. The summed E-state index contributed by atoms with van der Waals surface area (Å²) in [6.45, 7) is 9.75. The highest BCUT2D eigenvalue weighted by molar-refractivity contribution is 14.0. The predicted molar refractivity (Wildman–Crippen MR) is 81.3 cm³/mol. The number of nitrogens with zero attached hydrogens (tertiary/aromatic N) is 2. The Labute approximate surface area is 117 Å². The van der Waals surface area contributed by atoms with E-state index >= 15 is 0 Å². The van der Waals surface area contributed by atoms with Crippen molar-refractivity contribution in [1.29, 1.82) is 0 Å². The summed E-state index contributed by atoms with van der Waals surface area (Å²) in [4.78, 5) is 6.67. The van der Waals surface area contributed by atoms with Gasteiger partial charge in [0.05, 0.1) is 0 Å². The van der Waals surface area contributed by atoms with Crippen molar-refractivity contribution >= 4 is 29.9 Å². The molecule has 4 heteroatoms. The first-order valence-corrected chi connectivity index (χ1v) is 6.14. The first kappa shape index (κ1) is 16.0. The number of nitrogens with two attached hydrogens (primary N) is 1. The molecule has 16 heavy (non-hydrogen) atoms. The van der Waals surface area contributed by atoms with Crippen molar-refractivity contribution in [3.05, 3.63) is 0 Å². The average molecular weight is 339 g/mol. The molecule has 1 unspecified atom stereocenters. The molecule has 3 nitrogen and oxygen atoms in total. The lowest BCUT2D eigenvalue weighted by Gasteiger charge is -2.31. The molecule has 96 valence electrons. The van der Waals surface area contributed by atoms with Crippen LogP contribution in [-0.2, 0) is 0 Å². The van der Waals surface area contributed by atoms with Gasteiger partial charge in [-0.3, -0.25) is 4.99 Å². The van der Waals surface area contributed by atoms with Gasteiger partial charge in [-0.05, 0) is 31.1 Å². The van der Waals surface area contributed by atoms with Crippen LogP contribution in [0.15, 0.2) is 4.99 Å². The Kier molecular flexibility index (Phi) is 8.14. The molecule has 0 aromatic carbocycles. The fourth-order valence-electron chi connectivity index (χ4n) is 1.93. The fourth-order valence-corrected chi connectivity index (χ4v) is 1.93. The van der Waals surface area contributed by atoms with Gasteiger partial charge in [-0.2, -0.15) is 0 Å². The summed E-state index contributed by atoms with van der Waals surface area (Å²) in [5.41, 5.74) is 5.97. The molecule has 1 fully saturated rings. The summed E-state index contributed by atoms with van der Waals surface area (Å²) in [6, 6.07) is 0. The van der Waals surface area contributed by atoms with E-state index in [1.165, 1.54) is 12.8 Å². The highest BCUT2D eigenvalue weighted by atomic mass is 127. The molecular formula is C12H26IN3. The molecule has 0 saturated carbocycles. The molecule has 1 rings (SSSR count). The van der Waals surface area contributed by atoms with Crippen LogP contribution in [0.4, 0.5) is 0 Å². The lowest BCUT2D eigenvalue weighted by Crippen LogP contribution is -2.43. The van der Waals surface area contributed by atoms with Crippen molar-refractivity contribution in [2.24, 2.45) is 22.6 Å². The number of rotatable bonds is 3. The van der Waals surface area contributed by atoms with E-state index in [9.17, 15) is 0 Å². The Morgan fingerprint density at radius 2 is 2.19 bits per heavy atom. The first-order valence-electron chi connectivity index (χ1n) is 6.14. The second kappa shape index (κ2) is 8.14. The number of aliphatic imine (C=N–C) groups is 1. The van der Waals surface area contributed by atoms with Gasteiger partial charge in [0.25, 0.3) is 0 Å². The third-order valence-electron chi connectivity index (χ3n) is 2.96. The van der Waals surface area contributed by atoms with Crippen LogP contribution >= 0.6 is 24.0 Å². The maximum atomic E-state index is 5.97. The van der Waals surface area contributed by atoms with Gasteiger partial charge in [0.1, 0.15) is 0 Å². The van der Waals surface area contributed by atoms with Crippen molar-refractivity contribution in [1.82, 2.24) is 4.90 Å². The van der Waals surface area contributed by atoms with Crippen LogP contribution in [0.1, 0.15) is 40.0 Å². The molecule has 1 heterocycles. The Morgan fingerprint density at radius 1 is 1.50 bits per heavy atom. The van der Waals surface area contributed by atoms with Crippen LogP contribution in [0.3, 0.4) is 0 Å². The van der Waals surface area contributed by atoms with Crippen molar-refractivity contribution in [3.8, 4) is 0 Å². The van der Waals surface area contributed by atoms with E-state index in [1.54, 1.807) is 0 Å². The number of hydrogen-bond donors (Lipinski definition) is 1. The lowest BCUT2D eigenvalue weighted by atomic mass is 10.0. The van der Waals surface area contributed by atoms with Gasteiger partial charge in [-0.1, -0.05) is 20.8 Å². The molecular weight excluding hydrogens is 313 g/mol. The van der Waals surface area contributed by atoms with Crippen LogP contribution in [0.5, 0.6) is 0 Å². The van der Waals surface area contributed by atoms with Gasteiger partial charge in [0.15, 0.2) is 5.96 Å². The Balaban J connectivity index is 0.00000225. The normalized spacial score (nSPS) is 22.1. The van der Waals surface area contributed by atoms with Gasteiger partial charge >= 0.3 is 0 Å². The second-order valence-electron chi connectivity index (χ2n) is 5.12. The minimum Gasteiger partial charge on any atom is -0.370 e. The molecule has 0 aromatic heterocycles. The first-order chi connectivity index (χ1) is 7.09. The fraction of sp³-hybridized carbons (Fsp3) is 0.917. The Bertz CT molecular complexity index is 216. The SMILES string of the molecule is CC(C)CCN=C(N)N1CCCC(C)C1.I. The highest BCUT2D eigenvalue weighted by Crippen LogP contribution is 2.14. The van der Waals surface area contributed by atoms with Gasteiger partial charge in [0.2, 0.25) is 0 Å². The Hall–Kier alpha value is 0. The topological polar surface area (TPSA) is 41.6 Å². The molecule has 1 aliphatic rings. The zero-order valence-electron chi connectivity index (χ0n) is 10.8. The van der Waals surface area contributed by atoms with E-state index in [4.69, 9.17) is 5.73 Å². The van der Waals surface area contributed by atoms with Crippen LogP contribution in [-0.4, -0.2) is 30.5 Å². The smallest absolute Gasteiger partial charge is 0.191 e. The largest absolute Gasteiger partial charge is 0.370 e. The van der Waals surface area contributed by atoms with Gasteiger partial charge in [-0.15, -0.1) is 24.0 Å². The third-order valence-corrected chi connectivity index (χ3v) is 2.96. The lowest BCUT2D eigenvalue weighted by molar-refractivity contribution is 0.270. The molecule has 0 aliphatic carbocycles. The summed E-state index contributed by atoms with van der Waals surface area (Å²) in [7, 11) is 0.